The maximum absolute atomic E-state index is 4.32. The van der Waals surface area contributed by atoms with Crippen LogP contribution in [-0.2, 0) is 13.6 Å². The first-order valence-corrected chi connectivity index (χ1v) is 5.93. The average molecular weight is 280 g/mol. The van der Waals surface area contributed by atoms with E-state index in [0.29, 0.717) is 0 Å². The molecule has 1 heterocycles. The van der Waals surface area contributed by atoms with Gasteiger partial charge in [0.2, 0.25) is 0 Å². The average Bonchev–Trinajstić information content (AvgIpc) is 2.66. The van der Waals surface area contributed by atoms with Gasteiger partial charge in [-0.1, -0.05) is 6.07 Å². The van der Waals surface area contributed by atoms with Crippen LogP contribution in [0, 0.1) is 6.92 Å². The lowest BCUT2D eigenvalue weighted by Gasteiger charge is -2.07. The number of nitrogens with zero attached hydrogens (tertiary/aromatic N) is 2. The molecular formula is C12H14BrN3. The molecule has 0 atom stereocenters. The van der Waals surface area contributed by atoms with E-state index in [-0.39, 0.29) is 0 Å². The summed E-state index contributed by atoms with van der Waals surface area (Å²) in [6.45, 7) is 2.82. The molecule has 4 heteroatoms. The predicted octanol–water partition coefficient (Wildman–Crippen LogP) is 3.10. The summed E-state index contributed by atoms with van der Waals surface area (Å²) in [5, 5.41) is 7.68. The van der Waals surface area contributed by atoms with E-state index in [1.807, 2.05) is 24.0 Å². The molecule has 3 nitrogen and oxygen atoms in total. The lowest BCUT2D eigenvalue weighted by Crippen LogP contribution is -2.01. The van der Waals surface area contributed by atoms with Gasteiger partial charge in [0.15, 0.2) is 0 Å². The highest BCUT2D eigenvalue weighted by atomic mass is 79.9. The maximum atomic E-state index is 4.32. The van der Waals surface area contributed by atoms with Crippen LogP contribution < -0.4 is 5.32 Å². The molecule has 0 aliphatic rings. The zero-order valence-electron chi connectivity index (χ0n) is 9.37. The van der Waals surface area contributed by atoms with Crippen molar-refractivity contribution in [2.75, 3.05) is 5.32 Å². The third kappa shape index (κ3) is 2.64. The lowest BCUT2D eigenvalue weighted by atomic mass is 10.2. The number of aromatic nitrogens is 2. The van der Waals surface area contributed by atoms with Gasteiger partial charge in [0.05, 0.1) is 12.2 Å². The molecular weight excluding hydrogens is 266 g/mol. The first-order chi connectivity index (χ1) is 7.65. The van der Waals surface area contributed by atoms with Gasteiger partial charge in [0, 0.05) is 23.4 Å². The fourth-order valence-electron chi connectivity index (χ4n) is 1.52. The third-order valence-electron chi connectivity index (χ3n) is 2.35. The van der Waals surface area contributed by atoms with Gasteiger partial charge < -0.3 is 5.32 Å². The number of halogens is 1. The summed E-state index contributed by atoms with van der Waals surface area (Å²) in [5.74, 6) is 0. The Morgan fingerprint density at radius 2 is 2.19 bits per heavy atom. The van der Waals surface area contributed by atoms with Crippen LogP contribution in [-0.4, -0.2) is 9.78 Å². The first kappa shape index (κ1) is 11.2. The van der Waals surface area contributed by atoms with Gasteiger partial charge in [-0.2, -0.15) is 5.10 Å². The number of nitrogens with one attached hydrogen (secondary N) is 1. The van der Waals surface area contributed by atoms with E-state index in [0.717, 1.165) is 22.4 Å². The highest BCUT2D eigenvalue weighted by Gasteiger charge is 2.01. The summed E-state index contributed by atoms with van der Waals surface area (Å²) in [5.41, 5.74) is 3.38. The molecule has 0 saturated heterocycles. The van der Waals surface area contributed by atoms with E-state index >= 15 is 0 Å². The number of benzene rings is 1. The Balaban J connectivity index is 2.07. The Morgan fingerprint density at radius 1 is 1.38 bits per heavy atom. The van der Waals surface area contributed by atoms with Gasteiger partial charge in [-0.05, 0) is 46.6 Å². The van der Waals surface area contributed by atoms with Gasteiger partial charge in [-0.3, -0.25) is 4.68 Å². The minimum atomic E-state index is 0.739. The molecule has 0 radical (unpaired) electrons. The Labute approximate surface area is 104 Å². The zero-order chi connectivity index (χ0) is 11.5. The summed E-state index contributed by atoms with van der Waals surface area (Å²) in [6, 6.07) is 8.26. The van der Waals surface area contributed by atoms with Crippen LogP contribution in [0.5, 0.6) is 0 Å². The van der Waals surface area contributed by atoms with Crippen molar-refractivity contribution in [3.8, 4) is 0 Å². The molecule has 84 valence electrons. The van der Waals surface area contributed by atoms with Crippen LogP contribution in [0.15, 0.2) is 34.9 Å². The topological polar surface area (TPSA) is 29.9 Å². The van der Waals surface area contributed by atoms with Gasteiger partial charge >= 0.3 is 0 Å². The van der Waals surface area contributed by atoms with Crippen LogP contribution in [0.25, 0.3) is 0 Å². The minimum Gasteiger partial charge on any atom is -0.378 e. The van der Waals surface area contributed by atoms with Crippen LogP contribution in [0.3, 0.4) is 0 Å². The summed E-state index contributed by atoms with van der Waals surface area (Å²) >= 11 is 3.52. The molecule has 1 N–H and O–H groups in total. The van der Waals surface area contributed by atoms with Crippen molar-refractivity contribution in [2.24, 2.45) is 7.05 Å². The standard InChI is InChI=1S/C12H14BrN3/c1-9-3-4-11(13)12(7-9)14-8-10-5-6-16(2)15-10/h3-7,14H,8H2,1-2H3. The second-order valence-electron chi connectivity index (χ2n) is 3.82. The monoisotopic (exact) mass is 279 g/mol. The van der Waals surface area contributed by atoms with Crippen molar-refractivity contribution in [1.29, 1.82) is 0 Å². The highest BCUT2D eigenvalue weighted by Crippen LogP contribution is 2.23. The van der Waals surface area contributed by atoms with Crippen LogP contribution in [0.2, 0.25) is 0 Å². The second kappa shape index (κ2) is 4.70. The first-order valence-electron chi connectivity index (χ1n) is 5.14. The lowest BCUT2D eigenvalue weighted by molar-refractivity contribution is 0.747. The van der Waals surface area contributed by atoms with Crippen molar-refractivity contribution in [1.82, 2.24) is 9.78 Å². The Bertz CT molecular complexity index is 491. The van der Waals surface area contributed by atoms with Gasteiger partial charge in [-0.15, -0.1) is 0 Å². The molecule has 1 aromatic carbocycles. The molecule has 16 heavy (non-hydrogen) atoms. The van der Waals surface area contributed by atoms with Crippen molar-refractivity contribution < 1.29 is 0 Å². The Hall–Kier alpha value is -1.29. The fourth-order valence-corrected chi connectivity index (χ4v) is 1.90. The van der Waals surface area contributed by atoms with Crippen molar-refractivity contribution in [3.05, 3.63) is 46.2 Å². The number of hydrogen-bond donors (Lipinski definition) is 1. The van der Waals surface area contributed by atoms with E-state index in [4.69, 9.17) is 0 Å². The highest BCUT2D eigenvalue weighted by molar-refractivity contribution is 9.10. The summed E-state index contributed by atoms with van der Waals surface area (Å²) in [4.78, 5) is 0. The number of anilines is 1. The van der Waals surface area contributed by atoms with Crippen LogP contribution in [0.1, 0.15) is 11.3 Å². The molecule has 0 amide bonds. The summed E-state index contributed by atoms with van der Waals surface area (Å²) in [6.07, 6.45) is 1.95. The van der Waals surface area contributed by atoms with Crippen molar-refractivity contribution in [2.45, 2.75) is 13.5 Å². The maximum Gasteiger partial charge on any atom is 0.0815 e. The Morgan fingerprint density at radius 3 is 2.88 bits per heavy atom. The largest absolute Gasteiger partial charge is 0.378 e. The van der Waals surface area contributed by atoms with Gasteiger partial charge in [0.1, 0.15) is 0 Å². The molecule has 0 saturated carbocycles. The van der Waals surface area contributed by atoms with E-state index < -0.39 is 0 Å². The van der Waals surface area contributed by atoms with Crippen LogP contribution >= 0.6 is 15.9 Å². The van der Waals surface area contributed by atoms with E-state index in [1.54, 1.807) is 0 Å². The molecule has 2 rings (SSSR count). The number of aryl methyl sites for hydroxylation is 2. The van der Waals surface area contributed by atoms with E-state index in [2.05, 4.69) is 51.5 Å². The summed E-state index contributed by atoms with van der Waals surface area (Å²) < 4.78 is 2.89. The summed E-state index contributed by atoms with van der Waals surface area (Å²) in [7, 11) is 1.92. The molecule has 0 aliphatic heterocycles. The molecule has 2 aromatic rings. The SMILES string of the molecule is Cc1ccc(Br)c(NCc2ccn(C)n2)c1. The van der Waals surface area contributed by atoms with Crippen molar-refractivity contribution in [3.63, 3.8) is 0 Å². The minimum absolute atomic E-state index is 0.739. The van der Waals surface area contributed by atoms with E-state index in [1.165, 1.54) is 5.56 Å². The second-order valence-corrected chi connectivity index (χ2v) is 4.67. The quantitative estimate of drug-likeness (QED) is 0.936. The molecule has 0 unspecified atom stereocenters. The van der Waals surface area contributed by atoms with Gasteiger partial charge in [0.25, 0.3) is 0 Å². The van der Waals surface area contributed by atoms with Crippen molar-refractivity contribution >= 4 is 21.6 Å². The molecule has 0 bridgehead atoms. The Kier molecular flexibility index (Phi) is 3.29. The smallest absolute Gasteiger partial charge is 0.0815 e. The van der Waals surface area contributed by atoms with Crippen LogP contribution in [0.4, 0.5) is 5.69 Å². The molecule has 0 aliphatic carbocycles. The molecule has 0 fully saturated rings. The molecule has 1 aromatic heterocycles. The number of rotatable bonds is 3. The zero-order valence-corrected chi connectivity index (χ0v) is 11.0. The van der Waals surface area contributed by atoms with Gasteiger partial charge in [-0.25, -0.2) is 0 Å². The number of hydrogen-bond acceptors (Lipinski definition) is 2. The predicted molar refractivity (Wildman–Crippen MR) is 69.4 cm³/mol. The normalized spacial score (nSPS) is 10.4. The fraction of sp³-hybridized carbons (Fsp3) is 0.250. The third-order valence-corrected chi connectivity index (χ3v) is 3.04. The molecule has 0 spiro atoms. The van der Waals surface area contributed by atoms with E-state index in [9.17, 15) is 0 Å².